The van der Waals surface area contributed by atoms with Gasteiger partial charge in [-0.15, -0.1) is 0 Å². The number of carbonyl (C=O) groups excluding carboxylic acids is 1. The number of methoxy groups -OCH3 is 3. The first-order valence-corrected chi connectivity index (χ1v) is 5.68. The van der Waals surface area contributed by atoms with Gasteiger partial charge in [-0.3, -0.25) is 10.1 Å². The van der Waals surface area contributed by atoms with Crippen LogP contribution >= 0.6 is 0 Å². The maximum Gasteiger partial charge on any atom is 0.392 e. The summed E-state index contributed by atoms with van der Waals surface area (Å²) < 4.78 is 14.4. The Balaban J connectivity index is 3.96. The number of hydrogen-bond acceptors (Lipinski definition) is 8. The van der Waals surface area contributed by atoms with Crippen LogP contribution in [0, 0.1) is 15.5 Å². The molecular formula is C12H12N3O7+. The first-order chi connectivity index (χ1) is 10.4. The predicted molar refractivity (Wildman–Crippen MR) is 73.2 cm³/mol. The van der Waals surface area contributed by atoms with Crippen LogP contribution < -0.4 is 9.47 Å². The number of nitro benzene ring substituents is 1. The van der Waals surface area contributed by atoms with E-state index in [9.17, 15) is 20.0 Å². The molecule has 1 aromatic carbocycles. The highest BCUT2D eigenvalue weighted by molar-refractivity contribution is 6.01. The smallest absolute Gasteiger partial charge is 0.392 e. The minimum Gasteiger partial charge on any atom is -0.501 e. The molecule has 0 aliphatic carbocycles. The van der Waals surface area contributed by atoms with Crippen molar-refractivity contribution < 1.29 is 29.0 Å². The molecule has 0 aliphatic rings. The Hall–Kier alpha value is -3.35. The van der Waals surface area contributed by atoms with Gasteiger partial charge in [-0.25, -0.2) is 4.79 Å². The zero-order valence-electron chi connectivity index (χ0n) is 11.9. The number of carbonyl (C=O) groups is 1. The number of nitro groups is 1. The number of ether oxygens (including phenoxy) is 3. The Morgan fingerprint density at radius 1 is 1.41 bits per heavy atom. The van der Waals surface area contributed by atoms with Crippen molar-refractivity contribution in [3.8, 4) is 11.5 Å². The molecule has 10 nitrogen and oxygen atoms in total. The van der Waals surface area contributed by atoms with Crippen molar-refractivity contribution >= 4 is 17.4 Å². The largest absolute Gasteiger partial charge is 0.501 e. The molecule has 0 unspecified atom stereocenters. The van der Waals surface area contributed by atoms with E-state index in [1.54, 1.807) is 0 Å². The number of aliphatic hydroxyl groups excluding tert-OH is 1. The van der Waals surface area contributed by atoms with Gasteiger partial charge in [0.25, 0.3) is 0 Å². The molecule has 116 valence electrons. The van der Waals surface area contributed by atoms with Gasteiger partial charge in [-0.05, 0) is 6.07 Å². The third-order valence-electron chi connectivity index (χ3n) is 2.67. The van der Waals surface area contributed by atoms with Crippen LogP contribution in [0.3, 0.4) is 0 Å². The van der Waals surface area contributed by atoms with E-state index in [2.05, 4.69) is 9.71 Å². The number of benzene rings is 1. The molecule has 0 saturated carbocycles. The number of aliphatic hydroxyl groups is 1. The molecule has 1 aromatic rings. The summed E-state index contributed by atoms with van der Waals surface area (Å²) in [5.41, 5.74) is -1.63. The van der Waals surface area contributed by atoms with Crippen molar-refractivity contribution in [2.24, 2.45) is 0 Å². The highest BCUT2D eigenvalue weighted by Crippen LogP contribution is 2.43. The van der Waals surface area contributed by atoms with Crippen molar-refractivity contribution in [2.45, 2.75) is 0 Å². The van der Waals surface area contributed by atoms with Crippen LogP contribution in [-0.4, -0.2) is 37.3 Å². The monoisotopic (exact) mass is 310 g/mol. The van der Waals surface area contributed by atoms with Crippen molar-refractivity contribution in [2.75, 3.05) is 21.3 Å². The van der Waals surface area contributed by atoms with Crippen LogP contribution in [0.5, 0.6) is 11.5 Å². The van der Waals surface area contributed by atoms with Crippen LogP contribution in [0.4, 0.5) is 5.69 Å². The maximum absolute atomic E-state index is 11.9. The molecule has 0 fully saturated rings. The summed E-state index contributed by atoms with van der Waals surface area (Å²) in [4.78, 5) is 24.9. The molecule has 1 N–H and O–H groups in total. The molecule has 0 amide bonds. The van der Waals surface area contributed by atoms with E-state index in [1.807, 2.05) is 0 Å². The number of hydrogen-bond donors (Lipinski definition) is 1. The van der Waals surface area contributed by atoms with Gasteiger partial charge < -0.3 is 19.3 Å². The third kappa shape index (κ3) is 2.88. The van der Waals surface area contributed by atoms with Crippen molar-refractivity contribution in [1.82, 2.24) is 0 Å². The summed E-state index contributed by atoms with van der Waals surface area (Å²) in [5.74, 6) is -2.20. The number of diazo groups is 1. The van der Waals surface area contributed by atoms with Crippen LogP contribution in [0.2, 0.25) is 0 Å². The van der Waals surface area contributed by atoms with Gasteiger partial charge in [0.1, 0.15) is 0 Å². The van der Waals surface area contributed by atoms with Gasteiger partial charge in [0, 0.05) is 5.56 Å². The van der Waals surface area contributed by atoms with Gasteiger partial charge in [0.15, 0.2) is 16.3 Å². The lowest BCUT2D eigenvalue weighted by Crippen LogP contribution is -2.11. The normalized spacial score (nSPS) is 10.5. The molecule has 10 heteroatoms. The van der Waals surface area contributed by atoms with E-state index >= 15 is 0 Å². The lowest BCUT2D eigenvalue weighted by molar-refractivity contribution is -0.386. The van der Waals surface area contributed by atoms with Gasteiger partial charge in [0.2, 0.25) is 16.9 Å². The molecule has 22 heavy (non-hydrogen) atoms. The molecule has 0 heterocycles. The summed E-state index contributed by atoms with van der Waals surface area (Å²) in [6.45, 7) is 0. The molecular weight excluding hydrogens is 298 g/mol. The van der Waals surface area contributed by atoms with E-state index in [0.717, 1.165) is 20.3 Å². The maximum atomic E-state index is 11.9. The predicted octanol–water partition coefficient (Wildman–Crippen LogP) is 2.11. The summed E-state index contributed by atoms with van der Waals surface area (Å²) in [6.07, 6.45) is 0.595. The lowest BCUT2D eigenvalue weighted by Gasteiger charge is -2.13. The molecule has 1 rings (SSSR count). The van der Waals surface area contributed by atoms with E-state index in [0.29, 0.717) is 6.20 Å². The second-order valence-corrected chi connectivity index (χ2v) is 3.76. The summed E-state index contributed by atoms with van der Waals surface area (Å²) in [6, 6.07) is 1.12. The lowest BCUT2D eigenvalue weighted by atomic mass is 10.0. The zero-order chi connectivity index (χ0) is 16.9. The minimum absolute atomic E-state index is 0.102. The van der Waals surface area contributed by atoms with Gasteiger partial charge >= 0.3 is 17.9 Å². The summed E-state index contributed by atoms with van der Waals surface area (Å²) in [5, 5.41) is 29.6. The Morgan fingerprint density at radius 2 is 2.05 bits per heavy atom. The molecule has 0 aromatic heterocycles. The van der Waals surface area contributed by atoms with E-state index in [-0.39, 0.29) is 17.1 Å². The topological polar surface area (TPSA) is 136 Å². The molecule has 0 radical (unpaired) electrons. The summed E-state index contributed by atoms with van der Waals surface area (Å²) in [7, 11) is 3.40. The minimum atomic E-state index is -1.08. The molecule has 0 atom stereocenters. The van der Waals surface area contributed by atoms with Crippen LogP contribution in [0.1, 0.15) is 15.9 Å². The Kier molecular flexibility index (Phi) is 5.23. The molecule has 0 aliphatic heterocycles. The fraction of sp³-hybridized carbons (Fsp3) is 0.250. The van der Waals surface area contributed by atoms with E-state index in [1.165, 1.54) is 7.11 Å². The third-order valence-corrected chi connectivity index (χ3v) is 2.67. The Bertz CT molecular complexity index is 691. The zero-order valence-corrected chi connectivity index (χ0v) is 11.9. The van der Waals surface area contributed by atoms with Gasteiger partial charge in [-0.1, -0.05) is 0 Å². The molecule has 0 spiro atoms. The van der Waals surface area contributed by atoms with E-state index in [4.69, 9.17) is 14.9 Å². The molecule has 0 bridgehead atoms. The second-order valence-electron chi connectivity index (χ2n) is 3.76. The SMILES string of the molecule is COC(=O)c1c(/C(O)=C/[N+]#N)cc(OC)c(OC)c1[N+](=O)[O-]. The average Bonchev–Trinajstić information content (AvgIpc) is 2.51. The van der Waals surface area contributed by atoms with Gasteiger partial charge in [0.05, 0.1) is 26.3 Å². The van der Waals surface area contributed by atoms with Crippen molar-refractivity contribution in [3.05, 3.63) is 38.5 Å². The number of rotatable bonds is 5. The first-order valence-electron chi connectivity index (χ1n) is 5.68. The highest BCUT2D eigenvalue weighted by atomic mass is 16.6. The van der Waals surface area contributed by atoms with E-state index < -0.39 is 27.9 Å². The first kappa shape index (κ1) is 16.7. The average molecular weight is 310 g/mol. The Labute approximate surface area is 124 Å². The van der Waals surface area contributed by atoms with Gasteiger partial charge in [-0.2, -0.15) is 0 Å². The standard InChI is InChI=1S/C12H11N3O7/c1-20-8-4-6(7(16)5-14-13)9(12(17)22-3)10(15(18)19)11(8)21-2/h4-5H,1-3H3/p+1/b7-5-. The highest BCUT2D eigenvalue weighted by Gasteiger charge is 2.35. The Morgan fingerprint density at radius 3 is 2.45 bits per heavy atom. The quantitative estimate of drug-likeness (QED) is 0.287. The number of nitrogens with zero attached hydrogens (tertiary/aromatic N) is 3. The second kappa shape index (κ2) is 6.89. The summed E-state index contributed by atoms with van der Waals surface area (Å²) >= 11 is 0. The van der Waals surface area contributed by atoms with Crippen LogP contribution in [0.25, 0.3) is 10.7 Å². The van der Waals surface area contributed by atoms with Crippen molar-refractivity contribution in [3.63, 3.8) is 0 Å². The fourth-order valence-electron chi connectivity index (χ4n) is 1.78. The van der Waals surface area contributed by atoms with Crippen molar-refractivity contribution in [1.29, 1.82) is 5.39 Å². The fourth-order valence-corrected chi connectivity index (χ4v) is 1.78. The molecule has 0 saturated heterocycles. The van der Waals surface area contributed by atoms with Crippen LogP contribution in [0.15, 0.2) is 12.3 Å². The van der Waals surface area contributed by atoms with Crippen LogP contribution in [-0.2, 0) is 4.74 Å². The number of esters is 1.